The number of allylic oxidation sites excluding steroid dienone is 6. The summed E-state index contributed by atoms with van der Waals surface area (Å²) >= 11 is 0. The summed E-state index contributed by atoms with van der Waals surface area (Å²) in [5.41, 5.74) is 0. The number of aliphatic hydroxyl groups is 5. The molecule has 1 saturated carbocycles. The predicted molar refractivity (Wildman–Crippen MR) is 235 cm³/mol. The third-order valence-corrected chi connectivity index (χ3v) is 11.8. The van der Waals surface area contributed by atoms with Gasteiger partial charge in [0.2, 0.25) is 0 Å². The molecule has 6 atom stereocenters. The molecule has 6 N–H and O–H groups in total. The van der Waals surface area contributed by atoms with Gasteiger partial charge >= 0.3 is 13.8 Å². The van der Waals surface area contributed by atoms with Crippen molar-refractivity contribution in [3.8, 4) is 0 Å². The largest absolute Gasteiger partial charge is 0.472 e. The van der Waals surface area contributed by atoms with Gasteiger partial charge in [-0.25, -0.2) is 4.57 Å². The molecule has 0 aromatic rings. The van der Waals surface area contributed by atoms with Gasteiger partial charge in [-0.3, -0.25) is 13.8 Å². The van der Waals surface area contributed by atoms with Crippen LogP contribution in [-0.4, -0.2) is 98.9 Å². The smallest absolute Gasteiger partial charge is 0.457 e. The summed E-state index contributed by atoms with van der Waals surface area (Å²) in [5.74, 6) is -0.479. The lowest BCUT2D eigenvalue weighted by atomic mass is 9.85. The Labute approximate surface area is 357 Å². The van der Waals surface area contributed by atoms with Crippen LogP contribution in [-0.2, 0) is 27.9 Å². The van der Waals surface area contributed by atoms with Crippen LogP contribution < -0.4 is 0 Å². The highest BCUT2D eigenvalue weighted by Gasteiger charge is 2.51. The zero-order chi connectivity index (χ0) is 43.4. The van der Waals surface area contributed by atoms with E-state index in [1.165, 1.54) is 89.9 Å². The summed E-state index contributed by atoms with van der Waals surface area (Å²) in [6.45, 7) is 4.14. The average Bonchev–Trinajstić information content (AvgIpc) is 3.22. The zero-order valence-corrected chi connectivity index (χ0v) is 37.7. The summed E-state index contributed by atoms with van der Waals surface area (Å²) in [5, 5.41) is 50.2. The fourth-order valence-corrected chi connectivity index (χ4v) is 8.05. The molecule has 6 unspecified atom stereocenters. The van der Waals surface area contributed by atoms with Gasteiger partial charge in [0.05, 0.1) is 13.2 Å². The van der Waals surface area contributed by atoms with Crippen molar-refractivity contribution in [2.45, 2.75) is 230 Å². The lowest BCUT2D eigenvalue weighted by Crippen LogP contribution is -2.64. The first-order valence-corrected chi connectivity index (χ1v) is 24.8. The second kappa shape index (κ2) is 37.1. The number of rotatable bonds is 39. The second-order valence-corrected chi connectivity index (χ2v) is 17.6. The maximum atomic E-state index is 12.8. The number of phosphoric ester groups is 1. The van der Waals surface area contributed by atoms with Crippen LogP contribution in [0.1, 0.15) is 187 Å². The fraction of sp³-hybridized carbons (Fsp3) is 0.848. The number of hydrogen-bond acceptors (Lipinski definition) is 11. The maximum Gasteiger partial charge on any atom is 0.472 e. The molecule has 13 heteroatoms. The molecule has 0 amide bonds. The van der Waals surface area contributed by atoms with E-state index in [2.05, 4.69) is 50.3 Å². The molecular weight excluding hydrogens is 775 g/mol. The van der Waals surface area contributed by atoms with Gasteiger partial charge < -0.3 is 39.9 Å². The molecule has 1 aliphatic carbocycles. The maximum absolute atomic E-state index is 12.8. The van der Waals surface area contributed by atoms with Crippen LogP contribution in [0.15, 0.2) is 36.5 Å². The molecule has 0 aliphatic heterocycles. The van der Waals surface area contributed by atoms with Gasteiger partial charge in [0.15, 0.2) is 0 Å². The molecule has 0 bridgehead atoms. The van der Waals surface area contributed by atoms with Gasteiger partial charge in [0, 0.05) is 13.0 Å². The lowest BCUT2D eigenvalue weighted by molar-refractivity contribution is -0.220. The van der Waals surface area contributed by atoms with Crippen LogP contribution in [0.4, 0.5) is 0 Å². The number of hydrogen-bond donors (Lipinski definition) is 6. The molecule has 0 aromatic heterocycles. The van der Waals surface area contributed by atoms with Crippen molar-refractivity contribution in [3.63, 3.8) is 0 Å². The van der Waals surface area contributed by atoms with E-state index in [0.29, 0.717) is 13.0 Å². The number of carbonyl (C=O) groups excluding carboxylic acids is 1. The van der Waals surface area contributed by atoms with E-state index >= 15 is 0 Å². The number of ether oxygens (including phenoxy) is 2. The Morgan fingerprint density at radius 1 is 0.559 bits per heavy atom. The van der Waals surface area contributed by atoms with Gasteiger partial charge in [-0.15, -0.1) is 0 Å². The molecule has 12 nitrogen and oxygen atoms in total. The summed E-state index contributed by atoms with van der Waals surface area (Å²) in [6.07, 6.45) is 30.7. The normalized spacial score (nSPS) is 22.8. The van der Waals surface area contributed by atoms with Crippen molar-refractivity contribution >= 4 is 13.8 Å². The highest BCUT2D eigenvalue weighted by molar-refractivity contribution is 7.47. The third-order valence-electron chi connectivity index (χ3n) is 10.8. The summed E-state index contributed by atoms with van der Waals surface area (Å²) in [4.78, 5) is 23.1. The van der Waals surface area contributed by atoms with Crippen molar-refractivity contribution in [1.82, 2.24) is 0 Å². The fourth-order valence-electron chi connectivity index (χ4n) is 7.08. The molecule has 0 spiro atoms. The quantitative estimate of drug-likeness (QED) is 0.0149. The van der Waals surface area contributed by atoms with Crippen LogP contribution in [0.3, 0.4) is 0 Å². The Hall–Kier alpha value is -1.44. The predicted octanol–water partition coefficient (Wildman–Crippen LogP) is 9.48. The van der Waals surface area contributed by atoms with E-state index in [4.69, 9.17) is 18.5 Å². The first-order chi connectivity index (χ1) is 28.5. The Bertz CT molecular complexity index is 1120. The summed E-state index contributed by atoms with van der Waals surface area (Å²) < 4.78 is 34.2. The van der Waals surface area contributed by atoms with E-state index in [-0.39, 0.29) is 13.0 Å². The molecule has 0 aromatic carbocycles. The van der Waals surface area contributed by atoms with Crippen LogP contribution in [0.25, 0.3) is 0 Å². The minimum atomic E-state index is -5.02. The molecule has 1 aliphatic rings. The number of unbranched alkanes of at least 4 members (excludes halogenated alkanes) is 21. The Morgan fingerprint density at radius 2 is 1.00 bits per heavy atom. The van der Waals surface area contributed by atoms with E-state index in [0.717, 1.165) is 70.6 Å². The first-order valence-electron chi connectivity index (χ1n) is 23.3. The van der Waals surface area contributed by atoms with Crippen LogP contribution in [0, 0.1) is 0 Å². The zero-order valence-electron chi connectivity index (χ0n) is 36.8. The number of carbonyl (C=O) groups is 1. The van der Waals surface area contributed by atoms with Crippen LogP contribution in [0.2, 0.25) is 0 Å². The van der Waals surface area contributed by atoms with E-state index in [1.54, 1.807) is 0 Å². The Morgan fingerprint density at radius 3 is 1.53 bits per heavy atom. The molecule has 59 heavy (non-hydrogen) atoms. The Kier molecular flexibility index (Phi) is 35.0. The third kappa shape index (κ3) is 29.5. The molecule has 346 valence electrons. The molecule has 1 rings (SSSR count). The SMILES string of the molecule is CC/C=C\C/C=C\C/C=C\CCCCCCCCCCOCC(COP(=O)(O)OC1C(O)C(O)C(O)C(O)C1O)OC(=O)CCCCCCCCCCCCCCCC. The highest BCUT2D eigenvalue weighted by atomic mass is 31.2. The number of esters is 1. The van der Waals surface area contributed by atoms with E-state index in [9.17, 15) is 39.8 Å². The Balaban J connectivity index is 2.38. The average molecular weight is 861 g/mol. The van der Waals surface area contributed by atoms with Crippen molar-refractivity contribution in [3.05, 3.63) is 36.5 Å². The lowest BCUT2D eigenvalue weighted by Gasteiger charge is -2.41. The topological polar surface area (TPSA) is 192 Å². The van der Waals surface area contributed by atoms with Gasteiger partial charge in [-0.2, -0.15) is 0 Å². The van der Waals surface area contributed by atoms with Crippen molar-refractivity contribution < 1.29 is 58.3 Å². The molecular formula is C46H85O12P. The van der Waals surface area contributed by atoms with Crippen LogP contribution >= 0.6 is 7.82 Å². The summed E-state index contributed by atoms with van der Waals surface area (Å²) in [7, 11) is -5.02. The summed E-state index contributed by atoms with van der Waals surface area (Å²) in [6, 6.07) is 0. The first kappa shape index (κ1) is 55.6. The molecule has 0 heterocycles. The number of phosphoric acid groups is 1. The van der Waals surface area contributed by atoms with Crippen molar-refractivity contribution in [1.29, 1.82) is 0 Å². The molecule has 0 radical (unpaired) electrons. The van der Waals surface area contributed by atoms with Gasteiger partial charge in [0.25, 0.3) is 0 Å². The minimum Gasteiger partial charge on any atom is -0.457 e. The van der Waals surface area contributed by atoms with Gasteiger partial charge in [0.1, 0.15) is 42.7 Å². The van der Waals surface area contributed by atoms with Crippen molar-refractivity contribution in [2.75, 3.05) is 19.8 Å². The minimum absolute atomic E-state index is 0.0795. The highest BCUT2D eigenvalue weighted by Crippen LogP contribution is 2.47. The molecule has 1 fully saturated rings. The van der Waals surface area contributed by atoms with Gasteiger partial charge in [-0.1, -0.05) is 172 Å². The van der Waals surface area contributed by atoms with Crippen LogP contribution in [0.5, 0.6) is 0 Å². The van der Waals surface area contributed by atoms with E-state index < -0.39 is 63.1 Å². The standard InChI is InChI=1S/C46H85O12P/c1-3-5-7-9-11-13-15-17-19-20-21-22-24-26-28-30-32-34-36-55-37-39(38-56-59(53,54)58-46-44(51)42(49)41(48)43(50)45(46)52)57-40(47)35-33-31-29-27-25-23-18-16-14-12-10-8-6-4-2/h5,7,11,13,17,19,39,41-46,48-52H,3-4,6,8-10,12,14-16,18,20-38H2,1-2H3,(H,53,54)/b7-5-,13-11-,19-17-. The number of aliphatic hydroxyl groups excluding tert-OH is 5. The van der Waals surface area contributed by atoms with E-state index in [1.807, 2.05) is 0 Å². The molecule has 0 saturated heterocycles. The monoisotopic (exact) mass is 861 g/mol. The van der Waals surface area contributed by atoms with Crippen molar-refractivity contribution in [2.24, 2.45) is 0 Å². The second-order valence-electron chi connectivity index (χ2n) is 16.2. The van der Waals surface area contributed by atoms with Gasteiger partial charge in [-0.05, 0) is 44.9 Å².